The Balaban J connectivity index is 1.82. The fourth-order valence-corrected chi connectivity index (χ4v) is 2.25. The lowest BCUT2D eigenvalue weighted by Gasteiger charge is -2.00. The zero-order chi connectivity index (χ0) is 14.2. The van der Waals surface area contributed by atoms with Gasteiger partial charge in [0.1, 0.15) is 18.1 Å². The second-order valence-electron chi connectivity index (χ2n) is 5.09. The molecule has 0 aliphatic heterocycles. The number of hydrogen-bond acceptors (Lipinski definition) is 1. The van der Waals surface area contributed by atoms with Gasteiger partial charge in [0.2, 0.25) is 0 Å². The van der Waals surface area contributed by atoms with Crippen molar-refractivity contribution in [3.8, 4) is 11.3 Å². The monoisotopic (exact) mass is 276 g/mol. The van der Waals surface area contributed by atoms with E-state index < -0.39 is 0 Å². The molecule has 1 heterocycles. The molecule has 1 aromatic heterocycles. The van der Waals surface area contributed by atoms with Crippen molar-refractivity contribution >= 4 is 0 Å². The van der Waals surface area contributed by atoms with Crippen LogP contribution in [0.2, 0.25) is 0 Å². The van der Waals surface area contributed by atoms with Gasteiger partial charge in [0, 0.05) is 0 Å². The number of rotatable bonds is 8. The van der Waals surface area contributed by atoms with Gasteiger partial charge in [-0.25, -0.2) is 4.39 Å². The first-order valence-electron chi connectivity index (χ1n) is 7.46. The zero-order valence-corrected chi connectivity index (χ0v) is 12.1. The molecule has 108 valence electrons. The summed E-state index contributed by atoms with van der Waals surface area (Å²) in [6.07, 6.45) is 5.12. The van der Waals surface area contributed by atoms with E-state index in [0.29, 0.717) is 11.3 Å². The molecule has 0 spiro atoms. The molecule has 0 aliphatic rings. The Morgan fingerprint density at radius 2 is 1.90 bits per heavy atom. The second-order valence-corrected chi connectivity index (χ2v) is 5.09. The largest absolute Gasteiger partial charge is 0.455 e. The van der Waals surface area contributed by atoms with Gasteiger partial charge in [0.15, 0.2) is 5.76 Å². The van der Waals surface area contributed by atoms with Crippen LogP contribution in [0.25, 0.3) is 11.3 Å². The van der Waals surface area contributed by atoms with Crippen LogP contribution in [-0.2, 0) is 6.54 Å². The first kappa shape index (κ1) is 14.8. The normalized spacial score (nSPS) is 10.9. The molecule has 0 atom stereocenters. The third-order valence-electron chi connectivity index (χ3n) is 3.41. The molecule has 1 aromatic carbocycles. The summed E-state index contributed by atoms with van der Waals surface area (Å²) in [5, 5.41) is 2.25. The van der Waals surface area contributed by atoms with Crippen LogP contribution in [-0.4, -0.2) is 6.54 Å². The van der Waals surface area contributed by atoms with Crippen molar-refractivity contribution in [1.82, 2.24) is 0 Å². The Labute approximate surface area is 120 Å². The summed E-state index contributed by atoms with van der Waals surface area (Å²) in [5.74, 6) is 1.27. The molecule has 2 rings (SSSR count). The summed E-state index contributed by atoms with van der Waals surface area (Å²) in [6.45, 7) is 4.16. The first-order chi connectivity index (χ1) is 9.81. The van der Waals surface area contributed by atoms with Gasteiger partial charge < -0.3 is 9.73 Å². The Kier molecular flexibility index (Phi) is 5.81. The van der Waals surface area contributed by atoms with Crippen LogP contribution in [0.3, 0.4) is 0 Å². The van der Waals surface area contributed by atoms with Gasteiger partial charge in [-0.15, -0.1) is 0 Å². The van der Waals surface area contributed by atoms with Gasteiger partial charge in [-0.05, 0) is 37.1 Å². The number of quaternary nitrogens is 1. The minimum atomic E-state index is -0.239. The van der Waals surface area contributed by atoms with E-state index in [4.69, 9.17) is 4.42 Å². The third kappa shape index (κ3) is 4.20. The van der Waals surface area contributed by atoms with E-state index in [1.165, 1.54) is 31.7 Å². The van der Waals surface area contributed by atoms with E-state index in [-0.39, 0.29) is 5.82 Å². The topological polar surface area (TPSA) is 29.8 Å². The SMILES string of the molecule is CCCCCC[NH2+]Cc1ccc(-c2ccccc2F)o1. The molecule has 0 aliphatic carbocycles. The molecule has 0 bridgehead atoms. The molecule has 0 fully saturated rings. The molecule has 0 saturated carbocycles. The van der Waals surface area contributed by atoms with Crippen molar-refractivity contribution < 1.29 is 14.1 Å². The summed E-state index contributed by atoms with van der Waals surface area (Å²) in [6, 6.07) is 10.5. The predicted molar refractivity (Wildman–Crippen MR) is 78.7 cm³/mol. The van der Waals surface area contributed by atoms with Crippen molar-refractivity contribution in [1.29, 1.82) is 0 Å². The molecule has 0 radical (unpaired) electrons. The molecule has 2 nitrogen and oxygen atoms in total. The van der Waals surface area contributed by atoms with Crippen LogP contribution >= 0.6 is 0 Å². The molecule has 2 N–H and O–H groups in total. The van der Waals surface area contributed by atoms with E-state index in [0.717, 1.165) is 18.8 Å². The number of benzene rings is 1. The molecule has 0 unspecified atom stereocenters. The Hall–Kier alpha value is -1.61. The molecule has 20 heavy (non-hydrogen) atoms. The van der Waals surface area contributed by atoms with Crippen molar-refractivity contribution in [3.63, 3.8) is 0 Å². The lowest BCUT2D eigenvalue weighted by atomic mass is 10.1. The van der Waals surface area contributed by atoms with E-state index in [9.17, 15) is 4.39 Å². The lowest BCUT2D eigenvalue weighted by molar-refractivity contribution is -0.672. The highest BCUT2D eigenvalue weighted by Gasteiger charge is 2.09. The van der Waals surface area contributed by atoms with Crippen LogP contribution in [0.15, 0.2) is 40.8 Å². The molecular weight excluding hydrogens is 253 g/mol. The van der Waals surface area contributed by atoms with E-state index in [1.807, 2.05) is 18.2 Å². The van der Waals surface area contributed by atoms with Crippen molar-refractivity contribution in [2.75, 3.05) is 6.54 Å². The number of furan rings is 1. The number of nitrogens with two attached hydrogens (primary N) is 1. The van der Waals surface area contributed by atoms with Gasteiger partial charge in [0.05, 0.1) is 12.1 Å². The van der Waals surface area contributed by atoms with Crippen LogP contribution < -0.4 is 5.32 Å². The highest BCUT2D eigenvalue weighted by atomic mass is 19.1. The minimum Gasteiger partial charge on any atom is -0.455 e. The average molecular weight is 276 g/mol. The van der Waals surface area contributed by atoms with Gasteiger partial charge in [-0.3, -0.25) is 0 Å². The van der Waals surface area contributed by atoms with Gasteiger partial charge in [-0.2, -0.15) is 0 Å². The molecule has 3 heteroatoms. The Morgan fingerprint density at radius 1 is 1.05 bits per heavy atom. The quantitative estimate of drug-likeness (QED) is 0.731. The third-order valence-corrected chi connectivity index (χ3v) is 3.41. The van der Waals surface area contributed by atoms with E-state index >= 15 is 0 Å². The lowest BCUT2D eigenvalue weighted by Crippen LogP contribution is -2.82. The predicted octanol–water partition coefficient (Wildman–Crippen LogP) is 3.73. The molecule has 2 aromatic rings. The highest BCUT2D eigenvalue weighted by molar-refractivity contribution is 5.58. The number of halogens is 1. The highest BCUT2D eigenvalue weighted by Crippen LogP contribution is 2.24. The summed E-state index contributed by atoms with van der Waals surface area (Å²) >= 11 is 0. The Bertz CT molecular complexity index is 521. The smallest absolute Gasteiger partial charge is 0.158 e. The summed E-state index contributed by atoms with van der Waals surface area (Å²) in [5.41, 5.74) is 0.529. The fraction of sp³-hybridized carbons (Fsp3) is 0.412. The van der Waals surface area contributed by atoms with Crippen LogP contribution in [0.5, 0.6) is 0 Å². The van der Waals surface area contributed by atoms with E-state index in [1.54, 1.807) is 12.1 Å². The second kappa shape index (κ2) is 7.85. The molecule has 0 amide bonds. The first-order valence-corrected chi connectivity index (χ1v) is 7.46. The van der Waals surface area contributed by atoms with Crippen molar-refractivity contribution in [2.45, 2.75) is 39.2 Å². The molecular formula is C17H23FNO+. The number of hydrogen-bond donors (Lipinski definition) is 1. The Morgan fingerprint density at radius 3 is 2.70 bits per heavy atom. The summed E-state index contributed by atoms with van der Waals surface area (Å²) < 4.78 is 19.3. The van der Waals surface area contributed by atoms with Crippen LogP contribution in [0.1, 0.15) is 38.4 Å². The van der Waals surface area contributed by atoms with Gasteiger partial charge >= 0.3 is 0 Å². The number of unbranched alkanes of at least 4 members (excludes halogenated alkanes) is 3. The zero-order valence-electron chi connectivity index (χ0n) is 12.1. The summed E-state index contributed by atoms with van der Waals surface area (Å²) in [4.78, 5) is 0. The maximum Gasteiger partial charge on any atom is 0.158 e. The van der Waals surface area contributed by atoms with Crippen molar-refractivity contribution in [2.24, 2.45) is 0 Å². The average Bonchev–Trinajstić information content (AvgIpc) is 2.92. The van der Waals surface area contributed by atoms with Gasteiger partial charge in [0.25, 0.3) is 0 Å². The summed E-state index contributed by atoms with van der Waals surface area (Å²) in [7, 11) is 0. The maximum absolute atomic E-state index is 13.6. The standard InChI is InChI=1S/C17H22FNO/c1-2-3-4-7-12-19-13-14-10-11-17(20-14)15-8-5-6-9-16(15)18/h5-6,8-11,19H,2-4,7,12-13H2,1H3/p+1. The van der Waals surface area contributed by atoms with E-state index in [2.05, 4.69) is 12.2 Å². The minimum absolute atomic E-state index is 0.239. The fourth-order valence-electron chi connectivity index (χ4n) is 2.25. The maximum atomic E-state index is 13.6. The van der Waals surface area contributed by atoms with Crippen LogP contribution in [0, 0.1) is 5.82 Å². The van der Waals surface area contributed by atoms with Crippen molar-refractivity contribution in [3.05, 3.63) is 48.0 Å². The van der Waals surface area contributed by atoms with Gasteiger partial charge in [-0.1, -0.05) is 31.9 Å². The van der Waals surface area contributed by atoms with Crippen LogP contribution in [0.4, 0.5) is 4.39 Å². The molecule has 0 saturated heterocycles.